The largest absolute Gasteiger partial charge is 0.115 e. The van der Waals surface area contributed by atoms with Crippen molar-refractivity contribution in [3.05, 3.63) is 41.0 Å². The number of hydrogen-bond donors (Lipinski definition) is 0. The first-order chi connectivity index (χ1) is 5.72. The van der Waals surface area contributed by atoms with Gasteiger partial charge in [-0.05, 0) is 31.1 Å². The Kier molecular flexibility index (Phi) is 2.71. The third-order valence-corrected chi connectivity index (χ3v) is 1.69. The van der Waals surface area contributed by atoms with Crippen molar-refractivity contribution in [3.63, 3.8) is 0 Å². The number of benzene rings is 1. The van der Waals surface area contributed by atoms with E-state index in [0.717, 1.165) is 11.1 Å². The highest BCUT2D eigenvalue weighted by molar-refractivity contribution is 5.57. The first-order valence-corrected chi connectivity index (χ1v) is 3.94. The Morgan fingerprint density at radius 3 is 2.42 bits per heavy atom. The predicted octanol–water partition coefficient (Wildman–Crippen LogP) is 3.03. The zero-order valence-electron chi connectivity index (χ0n) is 7.46. The van der Waals surface area contributed by atoms with Gasteiger partial charge in [-0.25, -0.2) is 0 Å². The number of aryl methyl sites for hydroxylation is 1. The van der Waals surface area contributed by atoms with Gasteiger partial charge in [0.25, 0.3) is 0 Å². The molecule has 0 heteroatoms. The molecule has 0 unspecified atom stereocenters. The second-order valence-electron chi connectivity index (χ2n) is 2.88. The molecule has 0 radical (unpaired) electrons. The van der Waals surface area contributed by atoms with Crippen molar-refractivity contribution in [2.75, 3.05) is 0 Å². The molecule has 12 heavy (non-hydrogen) atoms. The average molecular weight is 156 g/mol. The fraction of sp³-hybridized carbons (Fsp3) is 0.167. The molecule has 0 saturated heterocycles. The zero-order chi connectivity index (χ0) is 8.97. The summed E-state index contributed by atoms with van der Waals surface area (Å²) >= 11 is 0. The molecule has 0 N–H and O–H groups in total. The van der Waals surface area contributed by atoms with Gasteiger partial charge in [0, 0.05) is 0 Å². The smallest absolute Gasteiger partial charge is 0.000752 e. The predicted molar refractivity (Wildman–Crippen MR) is 53.7 cm³/mol. The average Bonchev–Trinajstić information content (AvgIpc) is 2.09. The van der Waals surface area contributed by atoms with Gasteiger partial charge in [0.15, 0.2) is 0 Å². The molecule has 1 rings (SSSR count). The van der Waals surface area contributed by atoms with E-state index in [4.69, 9.17) is 6.42 Å². The molecule has 0 fully saturated rings. The van der Waals surface area contributed by atoms with Crippen LogP contribution in [0.1, 0.15) is 18.1 Å². The third-order valence-electron chi connectivity index (χ3n) is 1.69. The molecule has 1 aromatic rings. The van der Waals surface area contributed by atoms with E-state index in [9.17, 15) is 0 Å². The highest BCUT2D eigenvalue weighted by atomic mass is 13.9. The molecule has 0 bridgehead atoms. The Labute approximate surface area is 73.9 Å². The lowest BCUT2D eigenvalue weighted by Gasteiger charge is -1.94. The van der Waals surface area contributed by atoms with Gasteiger partial charge in [0.2, 0.25) is 0 Å². The maximum Gasteiger partial charge on any atom is -0.000752 e. The molecule has 0 atom stereocenters. The molecule has 0 aliphatic heterocycles. The lowest BCUT2D eigenvalue weighted by atomic mass is 10.1. The van der Waals surface area contributed by atoms with Crippen LogP contribution in [-0.2, 0) is 0 Å². The normalized spacial score (nSPS) is 10.9. The Morgan fingerprint density at radius 2 is 1.92 bits per heavy atom. The summed E-state index contributed by atoms with van der Waals surface area (Å²) in [4.78, 5) is 0. The Hall–Kier alpha value is -1.48. The summed E-state index contributed by atoms with van der Waals surface area (Å²) in [5, 5.41) is 0. The fourth-order valence-corrected chi connectivity index (χ4v) is 0.954. The van der Waals surface area contributed by atoms with Gasteiger partial charge < -0.3 is 0 Å². The number of terminal acetylenes is 1. The molecule has 0 aliphatic rings. The zero-order valence-corrected chi connectivity index (χ0v) is 7.46. The summed E-state index contributed by atoms with van der Waals surface area (Å²) in [6.07, 6.45) is 7.23. The lowest BCUT2D eigenvalue weighted by molar-refractivity contribution is 1.46. The van der Waals surface area contributed by atoms with E-state index in [2.05, 4.69) is 37.1 Å². The molecular formula is C12H12. The van der Waals surface area contributed by atoms with Crippen LogP contribution in [0.4, 0.5) is 0 Å². The van der Waals surface area contributed by atoms with Gasteiger partial charge in [-0.15, -0.1) is 6.42 Å². The van der Waals surface area contributed by atoms with Gasteiger partial charge in [-0.3, -0.25) is 0 Å². The first kappa shape index (κ1) is 8.62. The minimum atomic E-state index is 0.957. The molecule has 0 aliphatic carbocycles. The number of rotatable bonds is 1. The molecule has 0 nitrogen and oxygen atoms in total. The Bertz CT molecular complexity index is 320. The van der Waals surface area contributed by atoms with Crippen LogP contribution in [0.15, 0.2) is 29.8 Å². The van der Waals surface area contributed by atoms with Crippen LogP contribution in [0.25, 0.3) is 6.08 Å². The van der Waals surface area contributed by atoms with Crippen LogP contribution >= 0.6 is 0 Å². The third kappa shape index (κ3) is 2.29. The number of hydrogen-bond acceptors (Lipinski definition) is 0. The van der Waals surface area contributed by atoms with Gasteiger partial charge in [-0.2, -0.15) is 0 Å². The van der Waals surface area contributed by atoms with E-state index in [-0.39, 0.29) is 0 Å². The lowest BCUT2D eigenvalue weighted by Crippen LogP contribution is -1.75. The maximum atomic E-state index is 5.23. The molecule has 0 aromatic heterocycles. The van der Waals surface area contributed by atoms with Crippen LogP contribution in [0, 0.1) is 19.3 Å². The maximum absolute atomic E-state index is 5.23. The molecule has 0 heterocycles. The van der Waals surface area contributed by atoms with Crippen LogP contribution in [0.5, 0.6) is 0 Å². The minimum Gasteiger partial charge on any atom is -0.115 e. The van der Waals surface area contributed by atoms with Gasteiger partial charge in [-0.1, -0.05) is 35.7 Å². The molecule has 0 amide bonds. The molecule has 1 aromatic carbocycles. The van der Waals surface area contributed by atoms with Crippen molar-refractivity contribution >= 4 is 6.08 Å². The van der Waals surface area contributed by atoms with E-state index in [0.29, 0.717) is 0 Å². The van der Waals surface area contributed by atoms with E-state index >= 15 is 0 Å². The van der Waals surface area contributed by atoms with Crippen molar-refractivity contribution < 1.29 is 0 Å². The monoisotopic (exact) mass is 156 g/mol. The quantitative estimate of drug-likeness (QED) is 0.548. The number of allylic oxidation sites excluding steroid dienone is 1. The summed E-state index contributed by atoms with van der Waals surface area (Å²) in [5.41, 5.74) is 3.39. The standard InChI is InChI=1S/C12H12/c1-4-10(2)9-12-7-5-11(3)6-8-12/h1,5-9H,2-3H3/b10-9+. The topological polar surface area (TPSA) is 0 Å². The summed E-state index contributed by atoms with van der Waals surface area (Å²) in [7, 11) is 0. The van der Waals surface area contributed by atoms with Crippen LogP contribution in [0.2, 0.25) is 0 Å². The summed E-state index contributed by atoms with van der Waals surface area (Å²) in [6.45, 7) is 4.00. The van der Waals surface area contributed by atoms with Crippen molar-refractivity contribution in [2.45, 2.75) is 13.8 Å². The second kappa shape index (κ2) is 3.78. The van der Waals surface area contributed by atoms with Crippen LogP contribution in [0.3, 0.4) is 0 Å². The molecule has 60 valence electrons. The molecule has 0 saturated carbocycles. The summed E-state index contributed by atoms with van der Waals surface area (Å²) in [6, 6.07) is 8.29. The Morgan fingerprint density at radius 1 is 1.33 bits per heavy atom. The molecular weight excluding hydrogens is 144 g/mol. The van der Waals surface area contributed by atoms with Gasteiger partial charge in [0.05, 0.1) is 0 Å². The fourth-order valence-electron chi connectivity index (χ4n) is 0.954. The van der Waals surface area contributed by atoms with Crippen LogP contribution in [-0.4, -0.2) is 0 Å². The summed E-state index contributed by atoms with van der Waals surface area (Å²) < 4.78 is 0. The van der Waals surface area contributed by atoms with Crippen molar-refractivity contribution in [1.82, 2.24) is 0 Å². The second-order valence-corrected chi connectivity index (χ2v) is 2.88. The van der Waals surface area contributed by atoms with Crippen molar-refractivity contribution in [1.29, 1.82) is 0 Å². The SMILES string of the molecule is C#C/C(C)=C/c1ccc(C)cc1. The van der Waals surface area contributed by atoms with E-state index in [1.165, 1.54) is 5.56 Å². The van der Waals surface area contributed by atoms with E-state index in [1.807, 2.05) is 13.0 Å². The summed E-state index contributed by atoms with van der Waals surface area (Å²) in [5.74, 6) is 2.59. The van der Waals surface area contributed by atoms with Gasteiger partial charge in [0.1, 0.15) is 0 Å². The van der Waals surface area contributed by atoms with E-state index < -0.39 is 0 Å². The highest BCUT2D eigenvalue weighted by Gasteiger charge is 1.87. The van der Waals surface area contributed by atoms with Crippen molar-refractivity contribution in [3.8, 4) is 12.3 Å². The first-order valence-electron chi connectivity index (χ1n) is 3.94. The minimum absolute atomic E-state index is 0.957. The molecule has 0 spiro atoms. The van der Waals surface area contributed by atoms with Crippen molar-refractivity contribution in [2.24, 2.45) is 0 Å². The Balaban J connectivity index is 2.93. The van der Waals surface area contributed by atoms with E-state index in [1.54, 1.807) is 0 Å². The van der Waals surface area contributed by atoms with Crippen LogP contribution < -0.4 is 0 Å². The highest BCUT2D eigenvalue weighted by Crippen LogP contribution is 2.07. The van der Waals surface area contributed by atoms with Gasteiger partial charge >= 0.3 is 0 Å².